The SMILES string of the molecule is CCN(CC)CCN1C(=O)C(=O)/C(=C(/O)c2ccc3c(c2)OCCO3)[C@@H]1c1ccccc1F. The van der Waals surface area contributed by atoms with Crippen molar-refractivity contribution in [2.24, 2.45) is 0 Å². The van der Waals surface area contributed by atoms with Crippen LogP contribution in [0.15, 0.2) is 48.0 Å². The lowest BCUT2D eigenvalue weighted by atomic mass is 9.94. The number of amides is 1. The number of ketones is 1. The van der Waals surface area contributed by atoms with Crippen LogP contribution < -0.4 is 9.47 Å². The predicted molar refractivity (Wildman–Crippen MR) is 121 cm³/mol. The Hall–Kier alpha value is -3.39. The molecule has 0 unspecified atom stereocenters. The van der Waals surface area contributed by atoms with Crippen molar-refractivity contribution in [1.29, 1.82) is 0 Å². The Kier molecular flexibility index (Phi) is 6.65. The molecule has 0 bridgehead atoms. The Morgan fingerprint density at radius 1 is 1.09 bits per heavy atom. The molecule has 1 saturated heterocycles. The van der Waals surface area contributed by atoms with E-state index in [1.807, 2.05) is 13.8 Å². The molecule has 8 heteroatoms. The van der Waals surface area contributed by atoms with E-state index in [1.54, 1.807) is 30.3 Å². The predicted octanol–water partition coefficient (Wildman–Crippen LogP) is 3.36. The van der Waals surface area contributed by atoms with Gasteiger partial charge < -0.3 is 24.4 Å². The van der Waals surface area contributed by atoms with Crippen LogP contribution in [0, 0.1) is 5.82 Å². The van der Waals surface area contributed by atoms with Crippen molar-refractivity contribution in [3.05, 3.63) is 65.0 Å². The van der Waals surface area contributed by atoms with Crippen molar-refractivity contribution >= 4 is 17.4 Å². The fourth-order valence-electron chi connectivity index (χ4n) is 4.27. The van der Waals surface area contributed by atoms with E-state index in [0.717, 1.165) is 13.1 Å². The summed E-state index contributed by atoms with van der Waals surface area (Å²) in [5, 5.41) is 11.2. The summed E-state index contributed by atoms with van der Waals surface area (Å²) >= 11 is 0. The van der Waals surface area contributed by atoms with Crippen molar-refractivity contribution in [2.45, 2.75) is 19.9 Å². The Balaban J connectivity index is 1.80. The molecule has 4 rings (SSSR count). The molecule has 1 N–H and O–H groups in total. The first kappa shape index (κ1) is 22.8. The van der Waals surface area contributed by atoms with Gasteiger partial charge in [0.15, 0.2) is 11.5 Å². The maximum Gasteiger partial charge on any atom is 0.295 e. The number of aliphatic hydroxyl groups excluding tert-OH is 1. The zero-order valence-electron chi connectivity index (χ0n) is 18.7. The molecule has 174 valence electrons. The van der Waals surface area contributed by atoms with Crippen LogP contribution in [-0.4, -0.2) is 66.0 Å². The number of carbonyl (C=O) groups excluding carboxylic acids is 2. The average Bonchev–Trinajstić information content (AvgIpc) is 3.09. The number of likely N-dealkylation sites (tertiary alicyclic amines) is 1. The normalized spacial score (nSPS) is 19.4. The molecule has 0 radical (unpaired) electrons. The zero-order valence-corrected chi connectivity index (χ0v) is 18.7. The van der Waals surface area contributed by atoms with Crippen LogP contribution in [0.5, 0.6) is 11.5 Å². The molecule has 2 aliphatic rings. The summed E-state index contributed by atoms with van der Waals surface area (Å²) in [5.41, 5.74) is 0.319. The van der Waals surface area contributed by atoms with Gasteiger partial charge in [0, 0.05) is 24.2 Å². The summed E-state index contributed by atoms with van der Waals surface area (Å²) in [5.74, 6) is -1.55. The molecule has 2 heterocycles. The summed E-state index contributed by atoms with van der Waals surface area (Å²) < 4.78 is 26.0. The third-order valence-electron chi connectivity index (χ3n) is 6.11. The van der Waals surface area contributed by atoms with Crippen LogP contribution in [0.1, 0.15) is 31.0 Å². The number of halogens is 1. The minimum atomic E-state index is -1.03. The largest absolute Gasteiger partial charge is 0.507 e. The van der Waals surface area contributed by atoms with E-state index in [2.05, 4.69) is 4.90 Å². The molecule has 0 spiro atoms. The van der Waals surface area contributed by atoms with Gasteiger partial charge in [-0.25, -0.2) is 4.39 Å². The highest BCUT2D eigenvalue weighted by molar-refractivity contribution is 6.46. The summed E-state index contributed by atoms with van der Waals surface area (Å²) in [6.07, 6.45) is 0. The van der Waals surface area contributed by atoms with E-state index < -0.39 is 23.5 Å². The molecule has 0 aliphatic carbocycles. The smallest absolute Gasteiger partial charge is 0.295 e. The summed E-state index contributed by atoms with van der Waals surface area (Å²) in [6, 6.07) is 9.76. The maximum absolute atomic E-state index is 14.9. The zero-order chi connectivity index (χ0) is 23.5. The number of rotatable bonds is 7. The maximum atomic E-state index is 14.9. The van der Waals surface area contributed by atoms with E-state index in [0.29, 0.717) is 36.8 Å². The summed E-state index contributed by atoms with van der Waals surface area (Å²) in [4.78, 5) is 29.6. The standard InChI is InChI=1S/C25H27FN2O5/c1-3-27(4-2)11-12-28-22(17-7-5-6-8-18(17)26)21(24(30)25(28)31)23(29)16-9-10-19-20(15-16)33-14-13-32-19/h5-10,15,22,29H,3-4,11-14H2,1-2H3/b23-21+/t22-/m0/s1. The fourth-order valence-corrected chi connectivity index (χ4v) is 4.27. The van der Waals surface area contributed by atoms with Gasteiger partial charge in [-0.2, -0.15) is 0 Å². The van der Waals surface area contributed by atoms with Crippen molar-refractivity contribution in [3.63, 3.8) is 0 Å². The van der Waals surface area contributed by atoms with Gasteiger partial charge in [0.05, 0.1) is 11.6 Å². The number of hydrogen-bond donors (Lipinski definition) is 1. The quantitative estimate of drug-likeness (QED) is 0.393. The lowest BCUT2D eigenvalue weighted by molar-refractivity contribution is -0.140. The monoisotopic (exact) mass is 454 g/mol. The van der Waals surface area contributed by atoms with Crippen molar-refractivity contribution < 1.29 is 28.6 Å². The minimum absolute atomic E-state index is 0.138. The Morgan fingerprint density at radius 2 is 1.79 bits per heavy atom. The van der Waals surface area contributed by atoms with Crippen molar-refractivity contribution in [2.75, 3.05) is 39.4 Å². The molecule has 0 aromatic heterocycles. The van der Waals surface area contributed by atoms with E-state index in [4.69, 9.17) is 9.47 Å². The molecule has 7 nitrogen and oxygen atoms in total. The van der Waals surface area contributed by atoms with Gasteiger partial charge in [0.25, 0.3) is 11.7 Å². The lowest BCUT2D eigenvalue weighted by Gasteiger charge is -2.28. The van der Waals surface area contributed by atoms with Crippen LogP contribution in [0.2, 0.25) is 0 Å². The number of benzene rings is 2. The molecule has 1 fully saturated rings. The van der Waals surface area contributed by atoms with E-state index >= 15 is 0 Å². The van der Waals surface area contributed by atoms with Crippen LogP contribution in [-0.2, 0) is 9.59 Å². The van der Waals surface area contributed by atoms with E-state index in [-0.39, 0.29) is 23.4 Å². The fraction of sp³-hybridized carbons (Fsp3) is 0.360. The highest BCUT2D eigenvalue weighted by atomic mass is 19.1. The summed E-state index contributed by atoms with van der Waals surface area (Å²) in [7, 11) is 0. The van der Waals surface area contributed by atoms with Gasteiger partial charge in [-0.3, -0.25) is 9.59 Å². The van der Waals surface area contributed by atoms with Crippen LogP contribution in [0.3, 0.4) is 0 Å². The molecule has 2 aromatic carbocycles. The molecule has 2 aromatic rings. The topological polar surface area (TPSA) is 79.3 Å². The second-order valence-electron chi connectivity index (χ2n) is 7.90. The summed E-state index contributed by atoms with van der Waals surface area (Å²) in [6.45, 7) is 7.11. The molecular formula is C25H27FN2O5. The van der Waals surface area contributed by atoms with E-state index in [9.17, 15) is 19.1 Å². The Labute approximate surface area is 192 Å². The minimum Gasteiger partial charge on any atom is -0.507 e. The van der Waals surface area contributed by atoms with Gasteiger partial charge in [-0.15, -0.1) is 0 Å². The van der Waals surface area contributed by atoms with Gasteiger partial charge in [-0.05, 0) is 37.4 Å². The first-order valence-electron chi connectivity index (χ1n) is 11.1. The lowest BCUT2D eigenvalue weighted by Crippen LogP contribution is -2.38. The average molecular weight is 454 g/mol. The van der Waals surface area contributed by atoms with Crippen LogP contribution in [0.25, 0.3) is 5.76 Å². The van der Waals surface area contributed by atoms with E-state index in [1.165, 1.54) is 17.0 Å². The molecule has 2 aliphatic heterocycles. The number of fused-ring (bicyclic) bond motifs is 1. The highest BCUT2D eigenvalue weighted by Crippen LogP contribution is 2.41. The van der Waals surface area contributed by atoms with Crippen LogP contribution >= 0.6 is 0 Å². The van der Waals surface area contributed by atoms with Gasteiger partial charge in [-0.1, -0.05) is 32.0 Å². The second kappa shape index (κ2) is 9.62. The number of ether oxygens (including phenoxy) is 2. The van der Waals surface area contributed by atoms with Gasteiger partial charge in [0.1, 0.15) is 24.8 Å². The van der Waals surface area contributed by atoms with Gasteiger partial charge >= 0.3 is 0 Å². The highest BCUT2D eigenvalue weighted by Gasteiger charge is 2.46. The number of likely N-dealkylation sites (N-methyl/N-ethyl adjacent to an activating group) is 1. The molecule has 1 amide bonds. The Bertz CT molecular complexity index is 1100. The first-order chi connectivity index (χ1) is 16.0. The van der Waals surface area contributed by atoms with Crippen molar-refractivity contribution in [3.8, 4) is 11.5 Å². The molecular weight excluding hydrogens is 427 g/mol. The van der Waals surface area contributed by atoms with Gasteiger partial charge in [0.2, 0.25) is 0 Å². The third kappa shape index (κ3) is 4.30. The third-order valence-corrected chi connectivity index (χ3v) is 6.11. The van der Waals surface area contributed by atoms with Crippen molar-refractivity contribution in [1.82, 2.24) is 9.80 Å². The molecule has 33 heavy (non-hydrogen) atoms. The number of carbonyl (C=O) groups is 2. The number of aliphatic hydroxyl groups is 1. The second-order valence-corrected chi connectivity index (χ2v) is 7.90. The number of Topliss-reactive ketones (excluding diaryl/α,β-unsaturated/α-hetero) is 1. The number of nitrogens with zero attached hydrogens (tertiary/aromatic N) is 2. The molecule has 1 atom stereocenters. The number of hydrogen-bond acceptors (Lipinski definition) is 6. The van der Waals surface area contributed by atoms with Crippen LogP contribution in [0.4, 0.5) is 4.39 Å². The Morgan fingerprint density at radius 3 is 2.48 bits per heavy atom. The molecule has 0 saturated carbocycles. The first-order valence-corrected chi connectivity index (χ1v) is 11.1.